The van der Waals surface area contributed by atoms with Crippen molar-refractivity contribution in [2.24, 2.45) is 5.41 Å². The van der Waals surface area contributed by atoms with E-state index in [1.165, 1.54) is 6.42 Å². The van der Waals surface area contributed by atoms with Gasteiger partial charge in [0, 0.05) is 25.7 Å². The summed E-state index contributed by atoms with van der Waals surface area (Å²) < 4.78 is 4.82. The number of hydrogen-bond donors (Lipinski definition) is 1. The minimum absolute atomic E-state index is 0. The fourth-order valence-corrected chi connectivity index (χ4v) is 2.31. The molecule has 2 heterocycles. The number of nitrogens with one attached hydrogen (secondary N) is 1. The second-order valence-corrected chi connectivity index (χ2v) is 4.90. The molecule has 1 N–H and O–H groups in total. The SMILES string of the molecule is CN(Cc1ccon1)CC1(C)CCNC1.Cl. The van der Waals surface area contributed by atoms with Gasteiger partial charge in [-0.3, -0.25) is 4.90 Å². The molecule has 5 heteroatoms. The Morgan fingerprint density at radius 3 is 3.00 bits per heavy atom. The summed E-state index contributed by atoms with van der Waals surface area (Å²) in [6, 6.07) is 1.92. The van der Waals surface area contributed by atoms with Gasteiger partial charge >= 0.3 is 0 Å². The number of halogens is 1. The highest BCUT2D eigenvalue weighted by Gasteiger charge is 2.29. The van der Waals surface area contributed by atoms with Gasteiger partial charge in [-0.1, -0.05) is 12.1 Å². The fourth-order valence-electron chi connectivity index (χ4n) is 2.31. The quantitative estimate of drug-likeness (QED) is 0.874. The van der Waals surface area contributed by atoms with Crippen LogP contribution in [-0.2, 0) is 6.54 Å². The van der Waals surface area contributed by atoms with Crippen LogP contribution in [0.3, 0.4) is 0 Å². The molecule has 1 unspecified atom stereocenters. The third kappa shape index (κ3) is 3.47. The third-order valence-corrected chi connectivity index (χ3v) is 3.03. The van der Waals surface area contributed by atoms with Crippen molar-refractivity contribution in [2.45, 2.75) is 19.9 Å². The minimum Gasteiger partial charge on any atom is -0.364 e. The van der Waals surface area contributed by atoms with E-state index in [9.17, 15) is 0 Å². The van der Waals surface area contributed by atoms with E-state index in [2.05, 4.69) is 29.3 Å². The number of hydrogen-bond acceptors (Lipinski definition) is 4. The number of aromatic nitrogens is 1. The van der Waals surface area contributed by atoms with Gasteiger partial charge in [0.25, 0.3) is 0 Å². The van der Waals surface area contributed by atoms with Crippen molar-refractivity contribution >= 4 is 12.4 Å². The summed E-state index contributed by atoms with van der Waals surface area (Å²) >= 11 is 0. The van der Waals surface area contributed by atoms with Crippen molar-refractivity contribution in [2.75, 3.05) is 26.7 Å². The molecule has 1 aromatic rings. The molecule has 4 nitrogen and oxygen atoms in total. The first-order chi connectivity index (χ1) is 7.18. The van der Waals surface area contributed by atoms with Crippen molar-refractivity contribution in [3.63, 3.8) is 0 Å². The summed E-state index contributed by atoms with van der Waals surface area (Å²) in [4.78, 5) is 2.31. The molecule has 0 saturated carbocycles. The molecular formula is C11H20ClN3O. The number of nitrogens with zero attached hydrogens (tertiary/aromatic N) is 2. The zero-order chi connectivity index (χ0) is 10.7. The lowest BCUT2D eigenvalue weighted by Gasteiger charge is -2.28. The van der Waals surface area contributed by atoms with Crippen LogP contribution in [-0.4, -0.2) is 36.7 Å². The average molecular weight is 246 g/mol. The second kappa shape index (κ2) is 5.66. The Kier molecular flexibility index (Phi) is 4.77. The zero-order valence-electron chi connectivity index (χ0n) is 9.90. The van der Waals surface area contributed by atoms with Crippen molar-refractivity contribution < 1.29 is 4.52 Å². The highest BCUT2D eigenvalue weighted by atomic mass is 35.5. The van der Waals surface area contributed by atoms with Crippen LogP contribution in [0, 0.1) is 5.41 Å². The van der Waals surface area contributed by atoms with Crippen LogP contribution in [0.5, 0.6) is 0 Å². The van der Waals surface area contributed by atoms with E-state index in [-0.39, 0.29) is 12.4 Å². The Balaban J connectivity index is 0.00000128. The molecule has 1 atom stereocenters. The summed E-state index contributed by atoms with van der Waals surface area (Å²) in [5.74, 6) is 0. The smallest absolute Gasteiger partial charge is 0.124 e. The van der Waals surface area contributed by atoms with E-state index >= 15 is 0 Å². The van der Waals surface area contributed by atoms with Crippen LogP contribution in [0.4, 0.5) is 0 Å². The van der Waals surface area contributed by atoms with E-state index < -0.39 is 0 Å². The molecule has 0 aliphatic carbocycles. The molecule has 0 bridgehead atoms. The van der Waals surface area contributed by atoms with Crippen LogP contribution >= 0.6 is 12.4 Å². The van der Waals surface area contributed by atoms with E-state index in [1.54, 1.807) is 6.26 Å². The van der Waals surface area contributed by atoms with Crippen LogP contribution in [0.25, 0.3) is 0 Å². The standard InChI is InChI=1S/C11H19N3O.ClH/c1-11(4-5-12-8-11)9-14(2)7-10-3-6-15-13-10;/h3,6,12H,4-5,7-9H2,1-2H3;1H. The highest BCUT2D eigenvalue weighted by Crippen LogP contribution is 2.25. The lowest BCUT2D eigenvalue weighted by Crippen LogP contribution is -2.34. The maximum atomic E-state index is 4.82. The highest BCUT2D eigenvalue weighted by molar-refractivity contribution is 5.85. The van der Waals surface area contributed by atoms with Crippen LogP contribution in [0.1, 0.15) is 19.0 Å². The molecule has 1 aliphatic rings. The van der Waals surface area contributed by atoms with E-state index in [0.29, 0.717) is 5.41 Å². The van der Waals surface area contributed by atoms with Crippen molar-refractivity contribution in [1.29, 1.82) is 0 Å². The Bertz CT molecular complexity index is 296. The average Bonchev–Trinajstić information content (AvgIpc) is 2.76. The molecule has 92 valence electrons. The van der Waals surface area contributed by atoms with Crippen LogP contribution < -0.4 is 5.32 Å². The Morgan fingerprint density at radius 2 is 2.44 bits per heavy atom. The summed E-state index contributed by atoms with van der Waals surface area (Å²) in [5.41, 5.74) is 1.42. The summed E-state index contributed by atoms with van der Waals surface area (Å²) in [6.07, 6.45) is 2.89. The molecule has 0 radical (unpaired) electrons. The maximum Gasteiger partial charge on any atom is 0.124 e. The van der Waals surface area contributed by atoms with Gasteiger partial charge in [0.2, 0.25) is 0 Å². The molecule has 2 rings (SSSR count). The van der Waals surface area contributed by atoms with Gasteiger partial charge in [-0.2, -0.15) is 0 Å². The Morgan fingerprint density at radius 1 is 1.62 bits per heavy atom. The molecule has 0 amide bonds. The lowest BCUT2D eigenvalue weighted by atomic mass is 9.89. The van der Waals surface area contributed by atoms with Gasteiger partial charge in [-0.15, -0.1) is 12.4 Å². The zero-order valence-corrected chi connectivity index (χ0v) is 10.7. The van der Waals surface area contributed by atoms with E-state index in [4.69, 9.17) is 4.52 Å². The summed E-state index contributed by atoms with van der Waals surface area (Å²) in [5, 5.41) is 7.34. The van der Waals surface area contributed by atoms with Gasteiger partial charge < -0.3 is 9.84 Å². The maximum absolute atomic E-state index is 4.82. The van der Waals surface area contributed by atoms with Crippen LogP contribution in [0.2, 0.25) is 0 Å². The van der Waals surface area contributed by atoms with Gasteiger partial charge in [-0.25, -0.2) is 0 Å². The predicted octanol–water partition coefficient (Wildman–Crippen LogP) is 1.53. The van der Waals surface area contributed by atoms with Crippen LogP contribution in [0.15, 0.2) is 16.9 Å². The predicted molar refractivity (Wildman–Crippen MR) is 65.7 cm³/mol. The molecule has 1 saturated heterocycles. The van der Waals surface area contributed by atoms with E-state index in [0.717, 1.165) is 31.9 Å². The first kappa shape index (κ1) is 13.5. The van der Waals surface area contributed by atoms with Gasteiger partial charge in [-0.05, 0) is 25.4 Å². The molecule has 1 fully saturated rings. The minimum atomic E-state index is 0. The lowest BCUT2D eigenvalue weighted by molar-refractivity contribution is 0.199. The van der Waals surface area contributed by atoms with Gasteiger partial charge in [0.1, 0.15) is 6.26 Å². The molecule has 1 aliphatic heterocycles. The van der Waals surface area contributed by atoms with Gasteiger partial charge in [0.15, 0.2) is 0 Å². The summed E-state index contributed by atoms with van der Waals surface area (Å²) in [7, 11) is 2.14. The first-order valence-electron chi connectivity index (χ1n) is 5.46. The molecule has 0 aromatic carbocycles. The normalized spacial score (nSPS) is 24.7. The topological polar surface area (TPSA) is 41.3 Å². The van der Waals surface area contributed by atoms with Gasteiger partial charge in [0.05, 0.1) is 5.69 Å². The fraction of sp³-hybridized carbons (Fsp3) is 0.727. The molecule has 16 heavy (non-hydrogen) atoms. The molecular weight excluding hydrogens is 226 g/mol. The van der Waals surface area contributed by atoms with Crippen molar-refractivity contribution in [3.8, 4) is 0 Å². The Labute approximate surface area is 103 Å². The summed E-state index contributed by atoms with van der Waals surface area (Å²) in [6.45, 7) is 6.58. The largest absolute Gasteiger partial charge is 0.364 e. The monoisotopic (exact) mass is 245 g/mol. The molecule has 0 spiro atoms. The third-order valence-electron chi connectivity index (χ3n) is 3.03. The molecule has 1 aromatic heterocycles. The first-order valence-corrected chi connectivity index (χ1v) is 5.46. The van der Waals surface area contributed by atoms with Crippen molar-refractivity contribution in [1.82, 2.24) is 15.4 Å². The second-order valence-electron chi connectivity index (χ2n) is 4.90. The van der Waals surface area contributed by atoms with E-state index in [1.807, 2.05) is 6.07 Å². The Hall–Kier alpha value is -0.580. The number of rotatable bonds is 4. The van der Waals surface area contributed by atoms with Crippen molar-refractivity contribution in [3.05, 3.63) is 18.0 Å².